The molecule has 1 atom stereocenters. The van der Waals surface area contributed by atoms with E-state index in [2.05, 4.69) is 15.8 Å². The summed E-state index contributed by atoms with van der Waals surface area (Å²) in [6, 6.07) is 18.9. The molecule has 0 saturated carbocycles. The summed E-state index contributed by atoms with van der Waals surface area (Å²) >= 11 is 5.87. The number of hydrogen-bond donors (Lipinski definition) is 2. The van der Waals surface area contributed by atoms with Crippen LogP contribution in [-0.4, -0.2) is 29.0 Å². The van der Waals surface area contributed by atoms with Crippen molar-refractivity contribution in [1.82, 2.24) is 10.7 Å². The van der Waals surface area contributed by atoms with Gasteiger partial charge in [-0.15, -0.1) is 0 Å². The molecule has 0 radical (unpaired) electrons. The molecule has 0 spiro atoms. The van der Waals surface area contributed by atoms with Gasteiger partial charge in [-0.2, -0.15) is 5.10 Å². The molecule has 0 saturated heterocycles. The summed E-state index contributed by atoms with van der Waals surface area (Å²) in [4.78, 5) is 35.5. The Morgan fingerprint density at radius 2 is 1.68 bits per heavy atom. The molecule has 3 rings (SSSR count). The summed E-state index contributed by atoms with van der Waals surface area (Å²) in [5.41, 5.74) is 4.46. The lowest BCUT2D eigenvalue weighted by atomic mass is 10.0. The normalized spacial score (nSPS) is 11.8. The zero-order chi connectivity index (χ0) is 26.8. The number of hydrazone groups is 1. The van der Waals surface area contributed by atoms with E-state index >= 15 is 0 Å². The van der Waals surface area contributed by atoms with Crippen molar-refractivity contribution in [2.75, 3.05) is 0 Å². The number of amides is 2. The number of hydrogen-bond acceptors (Lipinski definition) is 6. The second-order valence-electron chi connectivity index (χ2n) is 8.68. The first-order valence-corrected chi connectivity index (χ1v) is 11.9. The molecule has 9 nitrogen and oxygen atoms in total. The Balaban J connectivity index is 1.52. The molecule has 0 aliphatic carbocycles. The molecule has 0 heterocycles. The van der Waals surface area contributed by atoms with Crippen molar-refractivity contribution in [3.63, 3.8) is 0 Å². The number of ether oxygens (including phenoxy) is 1. The van der Waals surface area contributed by atoms with Crippen molar-refractivity contribution in [1.29, 1.82) is 0 Å². The van der Waals surface area contributed by atoms with E-state index in [1.807, 2.05) is 13.8 Å². The minimum Gasteiger partial charge on any atom is -0.489 e. The predicted octanol–water partition coefficient (Wildman–Crippen LogP) is 5.12. The van der Waals surface area contributed by atoms with Gasteiger partial charge in [-0.3, -0.25) is 19.7 Å². The maximum absolute atomic E-state index is 12.7. The molecular formula is C27H27ClN4O5. The van der Waals surface area contributed by atoms with Gasteiger partial charge in [0.2, 0.25) is 0 Å². The van der Waals surface area contributed by atoms with Crippen LogP contribution in [-0.2, 0) is 11.4 Å². The first-order valence-electron chi connectivity index (χ1n) is 11.6. The Labute approximate surface area is 219 Å². The Bertz CT molecular complexity index is 1240. The third kappa shape index (κ3) is 8.73. The number of nitro groups is 1. The third-order valence-electron chi connectivity index (χ3n) is 5.26. The Hall–Kier alpha value is -4.24. The van der Waals surface area contributed by atoms with E-state index in [-0.39, 0.29) is 24.1 Å². The lowest BCUT2D eigenvalue weighted by molar-refractivity contribution is -0.384. The van der Waals surface area contributed by atoms with Gasteiger partial charge in [0.25, 0.3) is 17.5 Å². The molecular weight excluding hydrogens is 496 g/mol. The van der Waals surface area contributed by atoms with Crippen molar-refractivity contribution in [3.8, 4) is 5.75 Å². The predicted molar refractivity (Wildman–Crippen MR) is 142 cm³/mol. The number of nitrogens with zero attached hydrogens (tertiary/aromatic N) is 2. The van der Waals surface area contributed by atoms with Crippen molar-refractivity contribution < 1.29 is 19.2 Å². The van der Waals surface area contributed by atoms with Crippen molar-refractivity contribution in [2.24, 2.45) is 11.0 Å². The topological polar surface area (TPSA) is 123 Å². The Morgan fingerprint density at radius 3 is 2.27 bits per heavy atom. The fourth-order valence-corrected chi connectivity index (χ4v) is 3.45. The highest BCUT2D eigenvalue weighted by atomic mass is 35.5. The smallest absolute Gasteiger partial charge is 0.269 e. The summed E-state index contributed by atoms with van der Waals surface area (Å²) in [6.07, 6.45) is 1.94. The summed E-state index contributed by atoms with van der Waals surface area (Å²) in [7, 11) is 0. The number of carbonyl (C=O) groups is 2. The number of carbonyl (C=O) groups excluding carboxylic acids is 2. The van der Waals surface area contributed by atoms with Crippen LogP contribution in [0.4, 0.5) is 5.69 Å². The maximum Gasteiger partial charge on any atom is 0.269 e. The van der Waals surface area contributed by atoms with Gasteiger partial charge in [-0.25, -0.2) is 5.43 Å². The molecule has 1 unspecified atom stereocenters. The quantitative estimate of drug-likeness (QED) is 0.205. The zero-order valence-electron chi connectivity index (χ0n) is 20.4. The minimum atomic E-state index is -0.754. The van der Waals surface area contributed by atoms with Crippen molar-refractivity contribution in [3.05, 3.63) is 105 Å². The highest BCUT2D eigenvalue weighted by Crippen LogP contribution is 2.16. The molecule has 0 aliphatic rings. The number of nitro benzene ring substituents is 1. The summed E-state index contributed by atoms with van der Waals surface area (Å²) in [5.74, 6) is -0.00804. The minimum absolute atomic E-state index is 0.0268. The second-order valence-corrected chi connectivity index (χ2v) is 9.11. The van der Waals surface area contributed by atoms with E-state index < -0.39 is 16.9 Å². The number of rotatable bonds is 11. The van der Waals surface area contributed by atoms with Crippen LogP contribution in [0.2, 0.25) is 5.02 Å². The molecule has 0 fully saturated rings. The van der Waals surface area contributed by atoms with Crippen LogP contribution in [0, 0.1) is 16.0 Å². The van der Waals surface area contributed by atoms with Gasteiger partial charge in [0.15, 0.2) is 0 Å². The van der Waals surface area contributed by atoms with Gasteiger partial charge in [-0.1, -0.05) is 25.4 Å². The SMILES string of the molecule is CC(C)CC(NC(=O)c1ccc(Cl)cc1)C(=O)NN=Cc1ccc(OCc2ccc([N+](=O)[O-])cc2)cc1. The average Bonchev–Trinajstić information content (AvgIpc) is 2.88. The van der Waals surface area contributed by atoms with Crippen LogP contribution in [0.25, 0.3) is 0 Å². The van der Waals surface area contributed by atoms with Gasteiger partial charge in [0.05, 0.1) is 11.1 Å². The first kappa shape index (κ1) is 27.3. The third-order valence-corrected chi connectivity index (χ3v) is 5.51. The van der Waals surface area contributed by atoms with Crippen LogP contribution in [0.15, 0.2) is 77.9 Å². The van der Waals surface area contributed by atoms with E-state index in [9.17, 15) is 19.7 Å². The van der Waals surface area contributed by atoms with E-state index in [4.69, 9.17) is 16.3 Å². The molecule has 3 aromatic carbocycles. The summed E-state index contributed by atoms with van der Waals surface area (Å²) in [6.45, 7) is 4.19. The molecule has 192 valence electrons. The van der Waals surface area contributed by atoms with Crippen LogP contribution in [0.3, 0.4) is 0 Å². The molecule has 2 N–H and O–H groups in total. The van der Waals surface area contributed by atoms with Gasteiger partial charge in [0.1, 0.15) is 18.4 Å². The molecule has 2 amide bonds. The van der Waals surface area contributed by atoms with Gasteiger partial charge in [-0.05, 0) is 84.1 Å². The van der Waals surface area contributed by atoms with Crippen molar-refractivity contribution in [2.45, 2.75) is 32.9 Å². The second kappa shape index (κ2) is 13.2. The van der Waals surface area contributed by atoms with Crippen LogP contribution >= 0.6 is 11.6 Å². The first-order chi connectivity index (χ1) is 17.7. The Kier molecular flexibility index (Phi) is 9.74. The van der Waals surface area contributed by atoms with Gasteiger partial charge in [0, 0.05) is 22.7 Å². The fraction of sp³-hybridized carbons (Fsp3) is 0.222. The molecule has 0 aliphatic heterocycles. The molecule has 3 aromatic rings. The van der Waals surface area contributed by atoms with E-state index in [1.165, 1.54) is 18.3 Å². The zero-order valence-corrected chi connectivity index (χ0v) is 21.1. The fourth-order valence-electron chi connectivity index (χ4n) is 3.32. The van der Waals surface area contributed by atoms with Crippen LogP contribution < -0.4 is 15.5 Å². The monoisotopic (exact) mass is 522 g/mol. The molecule has 37 heavy (non-hydrogen) atoms. The highest BCUT2D eigenvalue weighted by Gasteiger charge is 2.22. The number of halogens is 1. The standard InChI is InChI=1S/C27H27ClN4O5/c1-18(2)15-25(30-26(33)21-7-9-22(28)10-8-21)27(34)31-29-16-19-5-13-24(14-6-19)37-17-20-3-11-23(12-4-20)32(35)36/h3-14,16,18,25H,15,17H2,1-2H3,(H,30,33)(H,31,34). The van der Waals surface area contributed by atoms with Crippen LogP contribution in [0.1, 0.15) is 41.8 Å². The van der Waals surface area contributed by atoms with Gasteiger partial charge >= 0.3 is 0 Å². The average molecular weight is 523 g/mol. The summed E-state index contributed by atoms with van der Waals surface area (Å²) in [5, 5.41) is 18.0. The molecule has 0 bridgehead atoms. The summed E-state index contributed by atoms with van der Waals surface area (Å²) < 4.78 is 5.71. The highest BCUT2D eigenvalue weighted by molar-refractivity contribution is 6.30. The Morgan fingerprint density at radius 1 is 1.03 bits per heavy atom. The lowest BCUT2D eigenvalue weighted by Gasteiger charge is -2.19. The van der Waals surface area contributed by atoms with Gasteiger partial charge < -0.3 is 10.1 Å². The number of non-ortho nitro benzene ring substituents is 1. The van der Waals surface area contributed by atoms with E-state index in [0.29, 0.717) is 22.8 Å². The largest absolute Gasteiger partial charge is 0.489 e. The molecule has 10 heteroatoms. The van der Waals surface area contributed by atoms with Crippen molar-refractivity contribution >= 4 is 35.3 Å². The maximum atomic E-state index is 12.7. The number of nitrogens with one attached hydrogen (secondary N) is 2. The molecule has 0 aromatic heterocycles. The number of benzene rings is 3. The lowest BCUT2D eigenvalue weighted by Crippen LogP contribution is -2.46. The van der Waals surface area contributed by atoms with Crippen LogP contribution in [0.5, 0.6) is 5.75 Å². The van der Waals surface area contributed by atoms with E-state index in [1.54, 1.807) is 60.7 Å². The van der Waals surface area contributed by atoms with E-state index in [0.717, 1.165) is 11.1 Å².